The van der Waals surface area contributed by atoms with Crippen LogP contribution in [0.2, 0.25) is 0 Å². The number of aromatic nitrogens is 3. The van der Waals surface area contributed by atoms with Gasteiger partial charge >= 0.3 is 0 Å². The Morgan fingerprint density at radius 2 is 1.85 bits per heavy atom. The van der Waals surface area contributed by atoms with Gasteiger partial charge in [0.05, 0.1) is 16.5 Å². The van der Waals surface area contributed by atoms with Gasteiger partial charge in [0, 0.05) is 5.56 Å². The molecule has 0 bridgehead atoms. The van der Waals surface area contributed by atoms with Crippen LogP contribution in [-0.2, 0) is 4.79 Å². The van der Waals surface area contributed by atoms with E-state index in [1.807, 2.05) is 0 Å². The molecule has 2 aromatic carbocycles. The third-order valence-electron chi connectivity index (χ3n) is 3.81. The molecule has 8 heteroatoms. The minimum absolute atomic E-state index is 0.130. The van der Waals surface area contributed by atoms with Gasteiger partial charge in [0.15, 0.2) is 11.6 Å². The monoisotopic (exact) mass is 384 g/mol. The number of Topliss-reactive ketones (excluding diaryl/α,β-unsaturated/α-hetero) is 1. The summed E-state index contributed by atoms with van der Waals surface area (Å²) in [4.78, 5) is 28.4. The van der Waals surface area contributed by atoms with E-state index in [0.29, 0.717) is 27.8 Å². The van der Waals surface area contributed by atoms with Crippen LogP contribution in [0, 0.1) is 5.82 Å². The van der Waals surface area contributed by atoms with E-state index in [2.05, 4.69) is 20.5 Å². The van der Waals surface area contributed by atoms with Gasteiger partial charge in [-0.05, 0) is 38.1 Å². The van der Waals surface area contributed by atoms with Gasteiger partial charge in [0.25, 0.3) is 0 Å². The number of aromatic amines is 1. The lowest BCUT2D eigenvalue weighted by Gasteiger charge is -2.12. The molecule has 1 amide bonds. The number of rotatable bonds is 6. The number of carbonyl (C=O) groups is 2. The van der Waals surface area contributed by atoms with Gasteiger partial charge in [-0.3, -0.25) is 14.7 Å². The Balaban J connectivity index is 1.69. The second kappa shape index (κ2) is 8.13. The summed E-state index contributed by atoms with van der Waals surface area (Å²) >= 11 is 1.13. The molecule has 0 fully saturated rings. The third kappa shape index (κ3) is 4.40. The van der Waals surface area contributed by atoms with Gasteiger partial charge in [-0.2, -0.15) is 0 Å². The molecular weight excluding hydrogens is 367 g/mol. The van der Waals surface area contributed by atoms with Crippen LogP contribution in [0.4, 0.5) is 10.1 Å². The number of hydrogen-bond acceptors (Lipinski definition) is 5. The molecule has 138 valence electrons. The van der Waals surface area contributed by atoms with Gasteiger partial charge in [0.2, 0.25) is 11.1 Å². The van der Waals surface area contributed by atoms with E-state index in [9.17, 15) is 14.0 Å². The van der Waals surface area contributed by atoms with Gasteiger partial charge in [-0.25, -0.2) is 9.37 Å². The van der Waals surface area contributed by atoms with Crippen molar-refractivity contribution in [2.45, 2.75) is 24.3 Å². The smallest absolute Gasteiger partial charge is 0.237 e. The first-order chi connectivity index (χ1) is 13.0. The fourth-order valence-corrected chi connectivity index (χ4v) is 3.14. The number of para-hydroxylation sites is 1. The Morgan fingerprint density at radius 1 is 1.15 bits per heavy atom. The molecule has 3 rings (SSSR count). The first-order valence-electron chi connectivity index (χ1n) is 8.20. The van der Waals surface area contributed by atoms with Crippen molar-refractivity contribution in [3.05, 3.63) is 59.9 Å². The molecule has 0 aliphatic carbocycles. The summed E-state index contributed by atoms with van der Waals surface area (Å²) in [5, 5.41) is 9.28. The lowest BCUT2D eigenvalue weighted by atomic mass is 10.1. The van der Waals surface area contributed by atoms with Crippen molar-refractivity contribution in [3.63, 3.8) is 0 Å². The van der Waals surface area contributed by atoms with Crippen molar-refractivity contribution >= 4 is 29.1 Å². The highest BCUT2D eigenvalue weighted by atomic mass is 32.2. The van der Waals surface area contributed by atoms with Crippen LogP contribution in [0.5, 0.6) is 0 Å². The number of carbonyl (C=O) groups excluding carboxylic acids is 2. The van der Waals surface area contributed by atoms with Crippen molar-refractivity contribution in [2.75, 3.05) is 5.32 Å². The maximum Gasteiger partial charge on any atom is 0.237 e. The number of nitrogens with one attached hydrogen (secondary N) is 2. The molecule has 27 heavy (non-hydrogen) atoms. The molecule has 6 nitrogen and oxygen atoms in total. The topological polar surface area (TPSA) is 87.7 Å². The number of hydrogen-bond donors (Lipinski definition) is 2. The van der Waals surface area contributed by atoms with Gasteiger partial charge in [0.1, 0.15) is 5.82 Å². The summed E-state index contributed by atoms with van der Waals surface area (Å²) < 4.78 is 13.8. The molecule has 2 N–H and O–H groups in total. The summed E-state index contributed by atoms with van der Waals surface area (Å²) in [5.41, 5.74) is 1.22. The zero-order valence-corrected chi connectivity index (χ0v) is 15.5. The summed E-state index contributed by atoms with van der Waals surface area (Å²) in [6, 6.07) is 13.1. The van der Waals surface area contributed by atoms with Crippen LogP contribution in [0.3, 0.4) is 0 Å². The van der Waals surface area contributed by atoms with E-state index in [0.717, 1.165) is 11.8 Å². The molecule has 0 saturated carbocycles. The second-order valence-corrected chi connectivity index (χ2v) is 7.11. The first-order valence-corrected chi connectivity index (χ1v) is 9.08. The van der Waals surface area contributed by atoms with Crippen molar-refractivity contribution < 1.29 is 14.0 Å². The summed E-state index contributed by atoms with van der Waals surface area (Å²) in [6.07, 6.45) is 0. The lowest BCUT2D eigenvalue weighted by molar-refractivity contribution is -0.115. The lowest BCUT2D eigenvalue weighted by Crippen LogP contribution is -2.23. The Kier molecular flexibility index (Phi) is 5.66. The Hall–Kier alpha value is -3.00. The van der Waals surface area contributed by atoms with Crippen molar-refractivity contribution in [1.29, 1.82) is 0 Å². The van der Waals surface area contributed by atoms with E-state index in [1.165, 1.54) is 13.0 Å². The van der Waals surface area contributed by atoms with Crippen molar-refractivity contribution in [1.82, 2.24) is 15.2 Å². The summed E-state index contributed by atoms with van der Waals surface area (Å²) in [5.74, 6) is -0.525. The maximum atomic E-state index is 13.8. The van der Waals surface area contributed by atoms with Crippen LogP contribution < -0.4 is 5.32 Å². The molecule has 0 radical (unpaired) electrons. The number of ketones is 1. The minimum atomic E-state index is -0.519. The van der Waals surface area contributed by atoms with Gasteiger partial charge < -0.3 is 5.32 Å². The minimum Gasteiger partial charge on any atom is -0.324 e. The molecule has 0 aliphatic heterocycles. The normalized spacial score (nSPS) is 11.8. The molecule has 1 aromatic heterocycles. The third-order valence-corrected chi connectivity index (χ3v) is 4.77. The molecule has 1 atom stereocenters. The zero-order chi connectivity index (χ0) is 19.4. The highest BCUT2D eigenvalue weighted by molar-refractivity contribution is 8.00. The predicted molar refractivity (Wildman–Crippen MR) is 102 cm³/mol. The SMILES string of the molecule is CC(=O)c1ccccc1NC(=O)[C@H](C)Sc1n[nH]c(-c2ccccc2F)n1. The van der Waals surface area contributed by atoms with Crippen LogP contribution in [0.1, 0.15) is 24.2 Å². The van der Waals surface area contributed by atoms with Crippen LogP contribution >= 0.6 is 11.8 Å². The molecule has 0 spiro atoms. The van der Waals surface area contributed by atoms with E-state index >= 15 is 0 Å². The highest BCUT2D eigenvalue weighted by Crippen LogP contribution is 2.25. The number of nitrogens with zero attached hydrogens (tertiary/aromatic N) is 2. The van der Waals surface area contributed by atoms with Gasteiger partial charge in [-0.15, -0.1) is 5.10 Å². The standard InChI is InChI=1S/C19H17FN4O2S/c1-11(25)13-7-4-6-10-16(13)21-18(26)12(2)27-19-22-17(23-24-19)14-8-3-5-9-15(14)20/h3-10,12H,1-2H3,(H,21,26)(H,22,23,24)/t12-/m0/s1. The molecule has 0 aliphatic rings. The average molecular weight is 384 g/mol. The number of H-pyrrole nitrogens is 1. The maximum absolute atomic E-state index is 13.8. The van der Waals surface area contributed by atoms with Crippen LogP contribution in [-0.4, -0.2) is 32.1 Å². The van der Waals surface area contributed by atoms with E-state index in [4.69, 9.17) is 0 Å². The number of thioether (sulfide) groups is 1. The van der Waals surface area contributed by atoms with Gasteiger partial charge in [-0.1, -0.05) is 36.0 Å². The van der Waals surface area contributed by atoms with Crippen LogP contribution in [0.15, 0.2) is 53.7 Å². The fourth-order valence-electron chi connectivity index (χ4n) is 2.42. The molecule has 0 saturated heterocycles. The molecule has 1 heterocycles. The van der Waals surface area contributed by atoms with E-state index < -0.39 is 11.1 Å². The summed E-state index contributed by atoms with van der Waals surface area (Å²) in [7, 11) is 0. The van der Waals surface area contributed by atoms with Crippen LogP contribution in [0.25, 0.3) is 11.4 Å². The Labute approximate surface area is 159 Å². The second-order valence-electron chi connectivity index (χ2n) is 5.80. The molecule has 3 aromatic rings. The van der Waals surface area contributed by atoms with Crippen molar-refractivity contribution in [2.24, 2.45) is 0 Å². The molecular formula is C19H17FN4O2S. The quantitative estimate of drug-likeness (QED) is 0.497. The number of halogens is 1. The summed E-state index contributed by atoms with van der Waals surface area (Å²) in [6.45, 7) is 3.15. The Morgan fingerprint density at radius 3 is 2.59 bits per heavy atom. The average Bonchev–Trinajstić information content (AvgIpc) is 3.10. The number of benzene rings is 2. The number of anilines is 1. The zero-order valence-electron chi connectivity index (χ0n) is 14.7. The first kappa shape index (κ1) is 18.8. The van der Waals surface area contributed by atoms with E-state index in [-0.39, 0.29) is 11.7 Å². The van der Waals surface area contributed by atoms with E-state index in [1.54, 1.807) is 49.4 Å². The Bertz CT molecular complexity index is 989. The number of amides is 1. The molecule has 0 unspecified atom stereocenters. The predicted octanol–water partition coefficient (Wildman–Crippen LogP) is 3.93. The fraction of sp³-hybridized carbons (Fsp3) is 0.158. The van der Waals surface area contributed by atoms with Crippen molar-refractivity contribution in [3.8, 4) is 11.4 Å². The highest BCUT2D eigenvalue weighted by Gasteiger charge is 2.19. The largest absolute Gasteiger partial charge is 0.324 e.